The summed E-state index contributed by atoms with van der Waals surface area (Å²) >= 11 is 0. The first-order chi connectivity index (χ1) is 16.0. The van der Waals surface area contributed by atoms with E-state index in [9.17, 15) is 13.6 Å². The molecular weight excluding hydrogens is 424 g/mol. The number of rotatable bonds is 4. The number of halogens is 2. The van der Waals surface area contributed by atoms with Crippen LogP contribution >= 0.6 is 0 Å². The molecule has 5 rings (SSSR count). The Labute approximate surface area is 190 Å². The number of para-hydroxylation sites is 1. The van der Waals surface area contributed by atoms with Crippen molar-refractivity contribution in [3.8, 4) is 11.1 Å². The quantitative estimate of drug-likeness (QED) is 0.378. The summed E-state index contributed by atoms with van der Waals surface area (Å²) in [5.41, 5.74) is 3.87. The number of anilines is 1. The summed E-state index contributed by atoms with van der Waals surface area (Å²) in [6.45, 7) is 2.66. The van der Waals surface area contributed by atoms with Crippen molar-refractivity contribution in [2.75, 3.05) is 11.9 Å². The molecule has 3 aromatic carbocycles. The lowest BCUT2D eigenvalue weighted by Crippen LogP contribution is -2.34. The van der Waals surface area contributed by atoms with Crippen molar-refractivity contribution in [1.29, 1.82) is 0 Å². The average Bonchev–Trinajstić information content (AvgIpc) is 3.46. The Hall–Kier alpha value is -3.74. The second kappa shape index (κ2) is 8.65. The Bertz CT molecular complexity index is 1330. The lowest BCUT2D eigenvalue weighted by atomic mass is 10.0. The number of fused-ring (bicyclic) bond motifs is 1. The molecule has 0 aliphatic carbocycles. The molecular formula is C26H23F2N3O2. The summed E-state index contributed by atoms with van der Waals surface area (Å²) in [6, 6.07) is 15.9. The SMILES string of the molecule is CCc1ccccc1NC(=O)N1CCCC1c1nc2cc(-c3ccc(F)cc3F)ccc2o1. The monoisotopic (exact) mass is 447 g/mol. The molecule has 2 amide bonds. The van der Waals surface area contributed by atoms with Gasteiger partial charge in [0, 0.05) is 23.9 Å². The molecule has 1 fully saturated rings. The highest BCUT2D eigenvalue weighted by atomic mass is 19.1. The van der Waals surface area contributed by atoms with Gasteiger partial charge in [0.25, 0.3) is 0 Å². The second-order valence-corrected chi connectivity index (χ2v) is 8.15. The number of carbonyl (C=O) groups excluding carboxylic acids is 1. The Morgan fingerprint density at radius 3 is 2.82 bits per heavy atom. The molecule has 5 nitrogen and oxygen atoms in total. The number of aryl methyl sites for hydroxylation is 1. The van der Waals surface area contributed by atoms with Crippen LogP contribution in [-0.4, -0.2) is 22.5 Å². The molecule has 0 spiro atoms. The van der Waals surface area contributed by atoms with Gasteiger partial charge in [0.1, 0.15) is 23.2 Å². The Kier molecular flexibility index (Phi) is 5.54. The van der Waals surface area contributed by atoms with Crippen molar-refractivity contribution in [2.24, 2.45) is 0 Å². The second-order valence-electron chi connectivity index (χ2n) is 8.15. The fourth-order valence-corrected chi connectivity index (χ4v) is 4.38. The highest BCUT2D eigenvalue weighted by Crippen LogP contribution is 2.35. The fourth-order valence-electron chi connectivity index (χ4n) is 4.38. The smallest absolute Gasteiger partial charge is 0.322 e. The van der Waals surface area contributed by atoms with E-state index in [1.807, 2.05) is 31.2 Å². The van der Waals surface area contributed by atoms with Crippen LogP contribution < -0.4 is 5.32 Å². The van der Waals surface area contributed by atoms with Crippen LogP contribution in [0, 0.1) is 11.6 Å². The number of nitrogens with zero attached hydrogens (tertiary/aromatic N) is 2. The van der Waals surface area contributed by atoms with E-state index in [4.69, 9.17) is 4.42 Å². The van der Waals surface area contributed by atoms with E-state index in [-0.39, 0.29) is 12.1 Å². The zero-order valence-corrected chi connectivity index (χ0v) is 18.1. The van der Waals surface area contributed by atoms with Crippen LogP contribution in [0.5, 0.6) is 0 Å². The van der Waals surface area contributed by atoms with Crippen LogP contribution in [0.1, 0.15) is 37.3 Å². The van der Waals surface area contributed by atoms with Crippen molar-refractivity contribution < 1.29 is 18.0 Å². The summed E-state index contributed by atoms with van der Waals surface area (Å²) < 4.78 is 33.5. The molecule has 0 saturated carbocycles. The molecule has 7 heteroatoms. The highest BCUT2D eigenvalue weighted by Gasteiger charge is 2.34. The van der Waals surface area contributed by atoms with Gasteiger partial charge in [0.05, 0.1) is 0 Å². The standard InChI is InChI=1S/C26H23F2N3O2/c1-2-16-6-3-4-7-21(16)30-26(32)31-13-5-8-23(31)25-29-22-14-17(9-12-24(22)33-25)19-11-10-18(27)15-20(19)28/h3-4,6-7,9-12,14-15,23H,2,5,8,13H2,1H3,(H,30,32). The Morgan fingerprint density at radius 2 is 2.00 bits per heavy atom. The summed E-state index contributed by atoms with van der Waals surface area (Å²) in [7, 11) is 0. The van der Waals surface area contributed by atoms with Gasteiger partial charge in [0.15, 0.2) is 5.58 Å². The predicted octanol–water partition coefficient (Wildman–Crippen LogP) is 6.70. The Morgan fingerprint density at radius 1 is 1.15 bits per heavy atom. The number of benzene rings is 3. The first kappa shape index (κ1) is 21.1. The van der Waals surface area contributed by atoms with Crippen LogP contribution in [0.3, 0.4) is 0 Å². The lowest BCUT2D eigenvalue weighted by Gasteiger charge is -2.23. The molecule has 1 aliphatic heterocycles. The first-order valence-corrected chi connectivity index (χ1v) is 11.0. The van der Waals surface area contributed by atoms with Gasteiger partial charge in [-0.05, 0) is 60.7 Å². The zero-order chi connectivity index (χ0) is 22.9. The van der Waals surface area contributed by atoms with E-state index in [2.05, 4.69) is 10.3 Å². The van der Waals surface area contributed by atoms with E-state index in [1.165, 1.54) is 12.1 Å². The molecule has 4 aromatic rings. The summed E-state index contributed by atoms with van der Waals surface area (Å²) in [5, 5.41) is 3.02. The van der Waals surface area contributed by atoms with Crippen LogP contribution in [0.4, 0.5) is 19.3 Å². The number of urea groups is 1. The predicted molar refractivity (Wildman–Crippen MR) is 123 cm³/mol. The molecule has 1 atom stereocenters. The zero-order valence-electron chi connectivity index (χ0n) is 18.1. The first-order valence-electron chi connectivity index (χ1n) is 11.0. The van der Waals surface area contributed by atoms with Crippen molar-refractivity contribution in [3.63, 3.8) is 0 Å². The van der Waals surface area contributed by atoms with Crippen LogP contribution in [-0.2, 0) is 6.42 Å². The third-order valence-electron chi connectivity index (χ3n) is 6.08. The molecule has 1 saturated heterocycles. The summed E-state index contributed by atoms with van der Waals surface area (Å²) in [6.07, 6.45) is 2.41. The van der Waals surface area contributed by atoms with Gasteiger partial charge in [0.2, 0.25) is 5.89 Å². The van der Waals surface area contributed by atoms with Crippen molar-refractivity contribution >= 4 is 22.8 Å². The topological polar surface area (TPSA) is 58.4 Å². The number of amides is 2. The van der Waals surface area contributed by atoms with Gasteiger partial charge in [-0.3, -0.25) is 0 Å². The number of hydrogen-bond donors (Lipinski definition) is 1. The Balaban J connectivity index is 1.41. The number of hydrogen-bond acceptors (Lipinski definition) is 3. The van der Waals surface area contributed by atoms with Gasteiger partial charge >= 0.3 is 6.03 Å². The van der Waals surface area contributed by atoms with E-state index in [1.54, 1.807) is 23.1 Å². The summed E-state index contributed by atoms with van der Waals surface area (Å²) in [5.74, 6) is -0.801. The van der Waals surface area contributed by atoms with E-state index < -0.39 is 11.6 Å². The molecule has 1 unspecified atom stereocenters. The van der Waals surface area contributed by atoms with Crippen molar-refractivity contribution in [2.45, 2.75) is 32.2 Å². The number of likely N-dealkylation sites (tertiary alicyclic amines) is 1. The molecule has 33 heavy (non-hydrogen) atoms. The van der Waals surface area contributed by atoms with Crippen LogP contribution in [0.15, 0.2) is 65.1 Å². The number of carbonyl (C=O) groups is 1. The largest absolute Gasteiger partial charge is 0.438 e. The minimum Gasteiger partial charge on any atom is -0.438 e. The van der Waals surface area contributed by atoms with Crippen LogP contribution in [0.25, 0.3) is 22.2 Å². The van der Waals surface area contributed by atoms with Crippen LogP contribution in [0.2, 0.25) is 0 Å². The van der Waals surface area contributed by atoms with E-state index in [0.717, 1.165) is 36.6 Å². The third kappa shape index (κ3) is 4.06. The minimum absolute atomic E-state index is 0.185. The van der Waals surface area contributed by atoms with E-state index in [0.29, 0.717) is 34.7 Å². The fraction of sp³-hybridized carbons (Fsp3) is 0.231. The number of aromatic nitrogens is 1. The normalized spacial score (nSPS) is 15.8. The molecule has 1 aliphatic rings. The van der Waals surface area contributed by atoms with E-state index >= 15 is 0 Å². The van der Waals surface area contributed by atoms with Crippen molar-refractivity contribution in [3.05, 3.63) is 83.8 Å². The molecule has 0 radical (unpaired) electrons. The maximum atomic E-state index is 14.2. The average molecular weight is 447 g/mol. The van der Waals surface area contributed by atoms with Gasteiger partial charge in [-0.15, -0.1) is 0 Å². The maximum Gasteiger partial charge on any atom is 0.322 e. The molecule has 0 bridgehead atoms. The lowest BCUT2D eigenvalue weighted by molar-refractivity contribution is 0.199. The number of nitrogens with one attached hydrogen (secondary N) is 1. The summed E-state index contributed by atoms with van der Waals surface area (Å²) in [4.78, 5) is 19.4. The van der Waals surface area contributed by atoms with Gasteiger partial charge < -0.3 is 14.6 Å². The van der Waals surface area contributed by atoms with Crippen molar-refractivity contribution in [1.82, 2.24) is 9.88 Å². The molecule has 1 aromatic heterocycles. The minimum atomic E-state index is -0.635. The maximum absolute atomic E-state index is 14.2. The highest BCUT2D eigenvalue weighted by molar-refractivity contribution is 5.90. The molecule has 168 valence electrons. The van der Waals surface area contributed by atoms with Gasteiger partial charge in [-0.2, -0.15) is 0 Å². The molecule has 1 N–H and O–H groups in total. The third-order valence-corrected chi connectivity index (χ3v) is 6.08. The van der Waals surface area contributed by atoms with Gasteiger partial charge in [-0.25, -0.2) is 18.6 Å². The number of oxazole rings is 1. The van der Waals surface area contributed by atoms with Gasteiger partial charge in [-0.1, -0.05) is 31.2 Å². The molecule has 2 heterocycles.